The Kier molecular flexibility index (Phi) is 6.97. The number of esters is 1. The number of carbonyl (C=O) groups is 1. The van der Waals surface area contributed by atoms with Gasteiger partial charge in [-0.15, -0.1) is 0 Å². The molecule has 0 saturated heterocycles. The first-order chi connectivity index (χ1) is 12.7. The maximum atomic E-state index is 13.0. The smallest absolute Gasteiger partial charge is 0.338 e. The van der Waals surface area contributed by atoms with Crippen LogP contribution in [0, 0.1) is 5.82 Å². The molecule has 0 aliphatic rings. The predicted octanol–water partition coefficient (Wildman–Crippen LogP) is 4.43. The lowest BCUT2D eigenvalue weighted by Crippen LogP contribution is -2.31. The number of hydrogen-bond acceptors (Lipinski definition) is 4. The fourth-order valence-corrected chi connectivity index (χ4v) is 4.52. The number of rotatable bonds is 7. The maximum Gasteiger partial charge on any atom is 0.338 e. The molecule has 5 nitrogen and oxygen atoms in total. The van der Waals surface area contributed by atoms with Gasteiger partial charge in [0, 0.05) is 13.1 Å². The second-order valence-electron chi connectivity index (χ2n) is 5.83. The van der Waals surface area contributed by atoms with E-state index in [4.69, 9.17) is 16.3 Å². The Morgan fingerprint density at radius 2 is 1.74 bits per heavy atom. The van der Waals surface area contributed by atoms with Gasteiger partial charge in [-0.3, -0.25) is 0 Å². The fraction of sp³-hybridized carbons (Fsp3) is 0.316. The highest BCUT2D eigenvalue weighted by molar-refractivity contribution is 7.89. The molecule has 0 amide bonds. The van der Waals surface area contributed by atoms with E-state index in [2.05, 4.69) is 0 Å². The van der Waals surface area contributed by atoms with Crippen molar-refractivity contribution in [3.63, 3.8) is 0 Å². The van der Waals surface area contributed by atoms with Crippen LogP contribution < -0.4 is 0 Å². The van der Waals surface area contributed by atoms with E-state index in [9.17, 15) is 17.6 Å². The normalized spacial score (nSPS) is 12.8. The summed E-state index contributed by atoms with van der Waals surface area (Å²) >= 11 is 6.07. The van der Waals surface area contributed by atoms with E-state index < -0.39 is 22.1 Å². The average molecular weight is 414 g/mol. The van der Waals surface area contributed by atoms with Crippen molar-refractivity contribution >= 4 is 27.6 Å². The number of nitrogens with zero attached hydrogens (tertiary/aromatic N) is 1. The van der Waals surface area contributed by atoms with Crippen molar-refractivity contribution in [3.8, 4) is 0 Å². The lowest BCUT2D eigenvalue weighted by atomic mass is 10.1. The molecule has 1 atom stereocenters. The highest BCUT2D eigenvalue weighted by Gasteiger charge is 2.26. The first-order valence-electron chi connectivity index (χ1n) is 8.46. The van der Waals surface area contributed by atoms with Crippen LogP contribution in [0.25, 0.3) is 0 Å². The van der Waals surface area contributed by atoms with Crippen LogP contribution in [-0.2, 0) is 14.8 Å². The van der Waals surface area contributed by atoms with Gasteiger partial charge in [-0.05, 0) is 42.8 Å². The quantitative estimate of drug-likeness (QED) is 0.630. The molecule has 0 aliphatic carbocycles. The molecule has 0 bridgehead atoms. The highest BCUT2D eigenvalue weighted by Crippen LogP contribution is 2.27. The molecular weight excluding hydrogens is 393 g/mol. The van der Waals surface area contributed by atoms with E-state index in [1.807, 2.05) is 0 Å². The zero-order chi connectivity index (χ0) is 20.2. The van der Waals surface area contributed by atoms with Crippen molar-refractivity contribution in [2.45, 2.75) is 31.8 Å². The Balaban J connectivity index is 2.29. The third-order valence-corrected chi connectivity index (χ3v) is 6.64. The summed E-state index contributed by atoms with van der Waals surface area (Å²) in [6.45, 7) is 5.65. The van der Waals surface area contributed by atoms with E-state index in [1.54, 1.807) is 20.8 Å². The standard InChI is InChI=1S/C19H21ClFNO4S/c1-4-22(5-2)27(24,25)18-12-15(8-11-17(18)20)19(23)26-13(3)14-6-9-16(21)10-7-14/h6-13H,4-5H2,1-3H3/t13-/m1/s1. The van der Waals surface area contributed by atoms with Crippen molar-refractivity contribution in [1.29, 1.82) is 0 Å². The van der Waals surface area contributed by atoms with Crippen molar-refractivity contribution in [2.75, 3.05) is 13.1 Å². The summed E-state index contributed by atoms with van der Waals surface area (Å²) in [4.78, 5) is 12.3. The molecular formula is C19H21ClFNO4S. The first-order valence-corrected chi connectivity index (χ1v) is 10.3. The molecule has 0 radical (unpaired) electrons. The first kappa shape index (κ1) is 21.3. The van der Waals surface area contributed by atoms with Gasteiger partial charge in [-0.1, -0.05) is 37.6 Å². The van der Waals surface area contributed by atoms with Crippen LogP contribution in [0.1, 0.15) is 42.8 Å². The van der Waals surface area contributed by atoms with Crippen LogP contribution in [0.15, 0.2) is 47.4 Å². The summed E-state index contributed by atoms with van der Waals surface area (Å²) in [7, 11) is -3.82. The molecule has 27 heavy (non-hydrogen) atoms. The third kappa shape index (κ3) is 4.86. The predicted molar refractivity (Wildman–Crippen MR) is 102 cm³/mol. The Bertz CT molecular complexity index is 912. The fourth-order valence-electron chi connectivity index (χ4n) is 2.56. The van der Waals surface area contributed by atoms with Gasteiger partial charge in [0.1, 0.15) is 16.8 Å². The van der Waals surface area contributed by atoms with E-state index in [-0.39, 0.29) is 34.4 Å². The summed E-state index contributed by atoms with van der Waals surface area (Å²) in [6, 6.07) is 9.57. The minimum absolute atomic E-state index is 0.0324. The molecule has 8 heteroatoms. The van der Waals surface area contributed by atoms with Crippen LogP contribution in [0.5, 0.6) is 0 Å². The third-order valence-electron chi connectivity index (χ3n) is 4.11. The molecule has 2 aromatic carbocycles. The number of halogens is 2. The molecule has 0 aliphatic heterocycles. The van der Waals surface area contributed by atoms with E-state index in [0.717, 1.165) is 0 Å². The minimum Gasteiger partial charge on any atom is -0.454 e. The van der Waals surface area contributed by atoms with Crippen LogP contribution in [0.4, 0.5) is 4.39 Å². The number of hydrogen-bond donors (Lipinski definition) is 0. The molecule has 2 rings (SSSR count). The van der Waals surface area contributed by atoms with Gasteiger partial charge < -0.3 is 4.74 Å². The Hall–Kier alpha value is -1.96. The largest absolute Gasteiger partial charge is 0.454 e. The molecule has 0 heterocycles. The molecule has 2 aromatic rings. The molecule has 0 unspecified atom stereocenters. The number of ether oxygens (including phenoxy) is 1. The summed E-state index contributed by atoms with van der Waals surface area (Å²) in [5, 5.41) is 0.0324. The molecule has 146 valence electrons. The Morgan fingerprint density at radius 1 is 1.15 bits per heavy atom. The van der Waals surface area contributed by atoms with Crippen LogP contribution in [0.2, 0.25) is 5.02 Å². The van der Waals surface area contributed by atoms with Gasteiger partial charge in [0.15, 0.2) is 0 Å². The van der Waals surface area contributed by atoms with E-state index >= 15 is 0 Å². The molecule has 0 fully saturated rings. The Morgan fingerprint density at radius 3 is 2.30 bits per heavy atom. The van der Waals surface area contributed by atoms with Gasteiger partial charge in [0.05, 0.1) is 10.6 Å². The summed E-state index contributed by atoms with van der Waals surface area (Å²) < 4.78 is 45.1. The van der Waals surface area contributed by atoms with Crippen molar-refractivity contribution < 1.29 is 22.3 Å². The summed E-state index contributed by atoms with van der Waals surface area (Å²) in [6.07, 6.45) is -0.628. The second-order valence-corrected chi connectivity index (χ2v) is 8.15. The SMILES string of the molecule is CCN(CC)S(=O)(=O)c1cc(C(=O)O[C@H](C)c2ccc(F)cc2)ccc1Cl. The number of benzene rings is 2. The molecule has 0 spiro atoms. The zero-order valence-corrected chi connectivity index (χ0v) is 16.8. The van der Waals surface area contributed by atoms with Crippen molar-refractivity contribution in [3.05, 3.63) is 64.4 Å². The summed E-state index contributed by atoms with van der Waals surface area (Å²) in [5.74, 6) is -1.08. The monoisotopic (exact) mass is 413 g/mol. The topological polar surface area (TPSA) is 63.7 Å². The lowest BCUT2D eigenvalue weighted by molar-refractivity contribution is 0.0337. The molecule has 0 aromatic heterocycles. The van der Waals surface area contributed by atoms with E-state index in [0.29, 0.717) is 5.56 Å². The number of sulfonamides is 1. The van der Waals surface area contributed by atoms with Gasteiger partial charge >= 0.3 is 5.97 Å². The van der Waals surface area contributed by atoms with Gasteiger partial charge in [-0.2, -0.15) is 4.31 Å². The molecule has 0 saturated carbocycles. The minimum atomic E-state index is -3.82. The maximum absolute atomic E-state index is 13.0. The van der Waals surface area contributed by atoms with Crippen molar-refractivity contribution in [1.82, 2.24) is 4.31 Å². The van der Waals surface area contributed by atoms with Crippen LogP contribution >= 0.6 is 11.6 Å². The molecule has 0 N–H and O–H groups in total. The van der Waals surface area contributed by atoms with E-state index in [1.165, 1.54) is 46.8 Å². The Labute approximate surface area is 163 Å². The van der Waals surface area contributed by atoms with Crippen LogP contribution in [-0.4, -0.2) is 31.8 Å². The van der Waals surface area contributed by atoms with Gasteiger partial charge in [0.25, 0.3) is 0 Å². The van der Waals surface area contributed by atoms with Gasteiger partial charge in [0.2, 0.25) is 10.0 Å². The number of carbonyl (C=O) groups excluding carboxylic acids is 1. The summed E-state index contributed by atoms with van der Waals surface area (Å²) in [5.41, 5.74) is 0.689. The second kappa shape index (κ2) is 8.82. The lowest BCUT2D eigenvalue weighted by Gasteiger charge is -2.20. The zero-order valence-electron chi connectivity index (χ0n) is 15.3. The van der Waals surface area contributed by atoms with Crippen LogP contribution in [0.3, 0.4) is 0 Å². The average Bonchev–Trinajstić information content (AvgIpc) is 2.63. The van der Waals surface area contributed by atoms with Crippen molar-refractivity contribution in [2.24, 2.45) is 0 Å². The van der Waals surface area contributed by atoms with Gasteiger partial charge in [-0.25, -0.2) is 17.6 Å². The highest BCUT2D eigenvalue weighted by atomic mass is 35.5.